The molecule has 0 atom stereocenters. The third-order valence-electron chi connectivity index (χ3n) is 10.3. The lowest BCUT2D eigenvalue weighted by atomic mass is 9.95. The predicted molar refractivity (Wildman–Crippen MR) is 224 cm³/mol. The number of sulfonamides is 2. The molecular weight excluding hydrogens is 766 g/mol. The molecule has 0 radical (unpaired) electrons. The Morgan fingerprint density at radius 2 is 1.15 bits per heavy atom. The maximum absolute atomic E-state index is 13.0. The summed E-state index contributed by atoms with van der Waals surface area (Å²) in [5.41, 5.74) is 15.3. The average Bonchev–Trinajstić information content (AvgIpc) is 3.62. The van der Waals surface area contributed by atoms with E-state index in [1.54, 1.807) is 18.2 Å². The van der Waals surface area contributed by atoms with Crippen LogP contribution in [0.15, 0.2) is 58.3 Å². The largest absolute Gasteiger partial charge is 0.505 e. The minimum atomic E-state index is -4.09. The molecule has 6 rings (SSSR count). The lowest BCUT2D eigenvalue weighted by molar-refractivity contribution is 0.438. The number of hydrogen-bond acceptors (Lipinski definition) is 8. The van der Waals surface area contributed by atoms with Crippen LogP contribution in [-0.2, 0) is 20.0 Å². The first-order valence-corrected chi connectivity index (χ1v) is 21.8. The third-order valence-corrected chi connectivity index (χ3v) is 13.6. The van der Waals surface area contributed by atoms with E-state index in [0.717, 1.165) is 78.2 Å². The number of halogens is 2. The number of aryl methyl sites for hydroxylation is 4. The van der Waals surface area contributed by atoms with Crippen molar-refractivity contribution in [1.29, 1.82) is 0 Å². The number of aromatic hydroxyl groups is 1. The van der Waals surface area contributed by atoms with Crippen LogP contribution < -0.4 is 25.0 Å². The van der Waals surface area contributed by atoms with Gasteiger partial charge in [0.05, 0.1) is 22.1 Å². The highest BCUT2D eigenvalue weighted by Crippen LogP contribution is 2.40. The molecule has 0 aromatic heterocycles. The van der Waals surface area contributed by atoms with Crippen LogP contribution in [-0.4, -0.2) is 48.1 Å². The van der Waals surface area contributed by atoms with Crippen molar-refractivity contribution in [1.82, 2.24) is 0 Å². The summed E-state index contributed by atoms with van der Waals surface area (Å²) in [6.45, 7) is 18.0. The number of nitrogens with one attached hydrogen (secondary N) is 2. The normalized spacial score (nSPS) is 15.2. The van der Waals surface area contributed by atoms with Crippen LogP contribution in [0.4, 0.5) is 28.4 Å². The van der Waals surface area contributed by atoms with Crippen LogP contribution in [0.3, 0.4) is 0 Å². The molecule has 4 aromatic rings. The van der Waals surface area contributed by atoms with Gasteiger partial charge >= 0.3 is 0 Å². The molecule has 0 aliphatic carbocycles. The van der Waals surface area contributed by atoms with Gasteiger partial charge in [-0.25, -0.2) is 16.8 Å². The Morgan fingerprint density at radius 3 is 1.65 bits per heavy atom. The van der Waals surface area contributed by atoms with Gasteiger partial charge in [0.2, 0.25) is 0 Å². The van der Waals surface area contributed by atoms with E-state index in [-0.39, 0.29) is 25.5 Å². The minimum Gasteiger partial charge on any atom is -0.505 e. The SMILES string of the molecule is Cc1cc(C)c(N2CCC(C)CC2)c(C)c1NS(=O)(=O)c1cc(Cl)cc(Cl)c1O.Cc1cc(C)c(N2CCCC2)c(C)c1NS(=O)(=O)c1ccccc1N. The number of anilines is 5. The molecule has 0 amide bonds. The Bertz CT molecular complexity index is 2270. The molecule has 4 aromatic carbocycles. The van der Waals surface area contributed by atoms with Crippen LogP contribution in [0.25, 0.3) is 0 Å². The molecule has 0 unspecified atom stereocenters. The summed E-state index contributed by atoms with van der Waals surface area (Å²) >= 11 is 11.9. The average molecular weight is 817 g/mol. The van der Waals surface area contributed by atoms with E-state index < -0.39 is 25.8 Å². The summed E-state index contributed by atoms with van der Waals surface area (Å²) in [5.74, 6) is 0.182. The molecule has 2 saturated heterocycles. The zero-order valence-electron chi connectivity index (χ0n) is 32.0. The minimum absolute atomic E-state index is 0.108. The fraction of sp³-hybridized carbons (Fsp3) is 0.400. The van der Waals surface area contributed by atoms with Crippen molar-refractivity contribution in [3.05, 3.63) is 92.0 Å². The van der Waals surface area contributed by atoms with Gasteiger partial charge in [0.15, 0.2) is 5.75 Å². The summed E-state index contributed by atoms with van der Waals surface area (Å²) in [6.07, 6.45) is 4.58. The molecule has 292 valence electrons. The number of phenols is 1. The van der Waals surface area contributed by atoms with Gasteiger partial charge in [-0.1, -0.05) is 54.4 Å². The van der Waals surface area contributed by atoms with E-state index in [9.17, 15) is 21.9 Å². The van der Waals surface area contributed by atoms with Crippen LogP contribution >= 0.6 is 23.2 Å². The highest BCUT2D eigenvalue weighted by molar-refractivity contribution is 7.93. The number of benzene rings is 4. The predicted octanol–water partition coefficient (Wildman–Crippen LogP) is 9.26. The van der Waals surface area contributed by atoms with Gasteiger partial charge in [-0.2, -0.15) is 0 Å². The number of phenolic OH excluding ortho intramolecular Hbond substituents is 1. The van der Waals surface area contributed by atoms with E-state index in [1.807, 2.05) is 46.8 Å². The lowest BCUT2D eigenvalue weighted by Gasteiger charge is -2.35. The van der Waals surface area contributed by atoms with E-state index in [0.29, 0.717) is 17.3 Å². The Morgan fingerprint density at radius 1 is 0.685 bits per heavy atom. The summed E-state index contributed by atoms with van der Waals surface area (Å²) < 4.78 is 57.2. The van der Waals surface area contributed by atoms with Gasteiger partial charge in [-0.15, -0.1) is 0 Å². The standard InChI is InChI=1S/C21H26Cl2N2O3S.C19H25N3O2S/c1-12-5-7-25(8-6-12)20-14(3)9-13(2)19(15(20)4)24-29(27,28)18-11-16(22)10-17(23)21(18)26;1-13-12-14(2)19(22-10-6-7-11-22)15(3)18(13)21-25(23,24)17-9-5-4-8-16(17)20/h9-12,24,26H,5-8H2,1-4H3;4-5,8-9,12,21H,6-7,10-11,20H2,1-3H3. The molecule has 0 saturated carbocycles. The molecule has 54 heavy (non-hydrogen) atoms. The highest BCUT2D eigenvalue weighted by Gasteiger charge is 2.27. The van der Waals surface area contributed by atoms with Crippen molar-refractivity contribution >= 4 is 71.7 Å². The van der Waals surface area contributed by atoms with E-state index in [1.165, 1.54) is 36.6 Å². The molecule has 14 heteroatoms. The Hall–Kier alpha value is -3.84. The highest BCUT2D eigenvalue weighted by atomic mass is 35.5. The number of nitrogens with zero attached hydrogens (tertiary/aromatic N) is 2. The van der Waals surface area contributed by atoms with E-state index in [2.05, 4.69) is 33.1 Å². The monoisotopic (exact) mass is 815 g/mol. The van der Waals surface area contributed by atoms with Crippen LogP contribution in [0.5, 0.6) is 5.75 Å². The van der Waals surface area contributed by atoms with Crippen LogP contribution in [0.1, 0.15) is 66.0 Å². The fourth-order valence-corrected chi connectivity index (χ4v) is 10.9. The quantitative estimate of drug-likeness (QED) is 0.129. The van der Waals surface area contributed by atoms with Crippen molar-refractivity contribution in [3.63, 3.8) is 0 Å². The second-order valence-corrected chi connectivity index (χ2v) is 18.7. The van der Waals surface area contributed by atoms with Crippen LogP contribution in [0.2, 0.25) is 10.0 Å². The number of hydrogen-bond donors (Lipinski definition) is 4. The molecule has 0 bridgehead atoms. The topological polar surface area (TPSA) is 145 Å². The van der Waals surface area contributed by atoms with Gasteiger partial charge in [-0.05, 0) is 131 Å². The molecule has 5 N–H and O–H groups in total. The fourth-order valence-electron chi connectivity index (χ4n) is 7.66. The smallest absolute Gasteiger partial charge is 0.265 e. The summed E-state index contributed by atoms with van der Waals surface area (Å²) in [4.78, 5) is 4.44. The van der Waals surface area contributed by atoms with E-state index >= 15 is 0 Å². The molecule has 2 fully saturated rings. The molecule has 2 aliphatic heterocycles. The zero-order chi connectivity index (χ0) is 39.7. The maximum atomic E-state index is 13.0. The first kappa shape index (κ1) is 41.3. The number of rotatable bonds is 8. The van der Waals surface area contributed by atoms with Crippen molar-refractivity contribution in [2.24, 2.45) is 5.92 Å². The third kappa shape index (κ3) is 8.83. The van der Waals surface area contributed by atoms with Gasteiger partial charge in [0.25, 0.3) is 20.0 Å². The van der Waals surface area contributed by atoms with Gasteiger partial charge in [0.1, 0.15) is 9.79 Å². The van der Waals surface area contributed by atoms with Crippen molar-refractivity contribution in [3.8, 4) is 5.75 Å². The Labute approximate surface area is 330 Å². The summed E-state index contributed by atoms with van der Waals surface area (Å²) in [7, 11) is -7.83. The van der Waals surface area contributed by atoms with Gasteiger partial charge < -0.3 is 20.6 Å². The molecule has 10 nitrogen and oxygen atoms in total. The molecular formula is C40H51Cl2N5O5S2. The van der Waals surface area contributed by atoms with Crippen molar-refractivity contribution in [2.45, 2.75) is 83.9 Å². The maximum Gasteiger partial charge on any atom is 0.265 e. The number of para-hydroxylation sites is 1. The first-order valence-electron chi connectivity index (χ1n) is 18.1. The lowest BCUT2D eigenvalue weighted by Crippen LogP contribution is -2.34. The summed E-state index contributed by atoms with van der Waals surface area (Å²) in [6, 6.07) is 13.1. The van der Waals surface area contributed by atoms with Crippen molar-refractivity contribution < 1.29 is 21.9 Å². The molecule has 2 aliphatic rings. The second-order valence-electron chi connectivity index (χ2n) is 14.6. The first-order chi connectivity index (χ1) is 25.3. The number of piperidine rings is 1. The Kier molecular flexibility index (Phi) is 12.6. The van der Waals surface area contributed by atoms with E-state index in [4.69, 9.17) is 28.9 Å². The zero-order valence-corrected chi connectivity index (χ0v) is 35.1. The van der Waals surface area contributed by atoms with Crippen LogP contribution in [0, 0.1) is 47.5 Å². The molecule has 0 spiro atoms. The van der Waals surface area contributed by atoms with Gasteiger partial charge in [0, 0.05) is 42.6 Å². The Balaban J connectivity index is 0.000000210. The second kappa shape index (κ2) is 16.5. The molecule has 2 heterocycles. The van der Waals surface area contributed by atoms with Gasteiger partial charge in [-0.3, -0.25) is 9.44 Å². The summed E-state index contributed by atoms with van der Waals surface area (Å²) in [5, 5.41) is 10.2. The van der Waals surface area contributed by atoms with Crippen molar-refractivity contribution in [2.75, 3.05) is 51.2 Å². The number of nitrogens with two attached hydrogens (primary N) is 1. The number of nitrogen functional groups attached to an aromatic ring is 1.